The summed E-state index contributed by atoms with van der Waals surface area (Å²) in [5.41, 5.74) is -0.986. The molecule has 4 rings (SSSR count). The highest BCUT2D eigenvalue weighted by Gasteiger charge is 2.59. The molecule has 0 N–H and O–H groups in total. The molecule has 2 aromatic heterocycles. The normalized spacial score (nSPS) is 27.0. The van der Waals surface area contributed by atoms with Crippen LogP contribution in [-0.2, 0) is 6.54 Å². The number of likely N-dealkylation sites (tertiary alicyclic amines) is 1. The van der Waals surface area contributed by atoms with Gasteiger partial charge in [-0.25, -0.2) is 13.8 Å². The number of aromatic nitrogens is 2. The van der Waals surface area contributed by atoms with Crippen molar-refractivity contribution in [1.29, 1.82) is 0 Å². The van der Waals surface area contributed by atoms with Crippen LogP contribution < -0.4 is 4.90 Å². The third-order valence-corrected chi connectivity index (χ3v) is 6.09. The molecule has 0 aliphatic carbocycles. The third-order valence-electron chi connectivity index (χ3n) is 5.23. The van der Waals surface area contributed by atoms with Crippen LogP contribution in [0.2, 0.25) is 0 Å². The summed E-state index contributed by atoms with van der Waals surface area (Å²) in [4.78, 5) is 13.7. The zero-order valence-electron chi connectivity index (χ0n) is 13.4. The van der Waals surface area contributed by atoms with Gasteiger partial charge in [0.1, 0.15) is 5.82 Å². The third kappa shape index (κ3) is 2.80. The minimum absolute atomic E-state index is 0.0628. The second kappa shape index (κ2) is 6.04. The number of hydrogen-bond acceptors (Lipinski definition) is 5. The highest BCUT2D eigenvalue weighted by molar-refractivity contribution is 7.09. The van der Waals surface area contributed by atoms with Crippen molar-refractivity contribution in [1.82, 2.24) is 14.9 Å². The molecule has 1 spiro atoms. The predicted octanol–water partition coefficient (Wildman–Crippen LogP) is 3.28. The molecular weight excluding hydrogens is 330 g/mol. The lowest BCUT2D eigenvalue weighted by Crippen LogP contribution is -2.56. The SMILES string of the molecule is FC1(F)CCN(Cc2cccs2)C[C@@]12CCN(c1cnccn1)C2. The molecule has 0 bridgehead atoms. The monoisotopic (exact) mass is 350 g/mol. The Hall–Kier alpha value is -1.60. The number of piperidine rings is 1. The fourth-order valence-electron chi connectivity index (χ4n) is 3.89. The first-order valence-corrected chi connectivity index (χ1v) is 9.10. The van der Waals surface area contributed by atoms with Crippen molar-refractivity contribution in [3.63, 3.8) is 0 Å². The zero-order chi connectivity index (χ0) is 16.6. The molecule has 24 heavy (non-hydrogen) atoms. The van der Waals surface area contributed by atoms with Crippen LogP contribution in [0, 0.1) is 5.41 Å². The Balaban J connectivity index is 1.53. The fraction of sp³-hybridized carbons (Fsp3) is 0.529. The molecule has 0 unspecified atom stereocenters. The lowest BCUT2D eigenvalue weighted by molar-refractivity contribution is -0.158. The molecule has 2 saturated heterocycles. The molecular formula is C17H20F2N4S. The Labute approximate surface area is 144 Å². The molecule has 4 nitrogen and oxygen atoms in total. The van der Waals surface area contributed by atoms with Crippen molar-refractivity contribution in [2.24, 2.45) is 5.41 Å². The van der Waals surface area contributed by atoms with E-state index < -0.39 is 11.3 Å². The molecule has 128 valence electrons. The lowest BCUT2D eigenvalue weighted by atomic mass is 9.75. The molecule has 4 heterocycles. The highest BCUT2D eigenvalue weighted by atomic mass is 32.1. The van der Waals surface area contributed by atoms with E-state index in [1.165, 1.54) is 4.88 Å². The Morgan fingerprint density at radius 3 is 2.83 bits per heavy atom. The summed E-state index contributed by atoms with van der Waals surface area (Å²) in [6.07, 6.45) is 5.31. The molecule has 0 saturated carbocycles. The summed E-state index contributed by atoms with van der Waals surface area (Å²) < 4.78 is 29.6. The molecule has 2 fully saturated rings. The first kappa shape index (κ1) is 15.9. The van der Waals surface area contributed by atoms with E-state index in [1.54, 1.807) is 29.9 Å². The van der Waals surface area contributed by atoms with E-state index in [1.807, 2.05) is 16.3 Å². The average Bonchev–Trinajstić information content (AvgIpc) is 3.23. The van der Waals surface area contributed by atoms with Crippen molar-refractivity contribution in [2.45, 2.75) is 25.3 Å². The molecule has 2 aromatic rings. The Kier molecular flexibility index (Phi) is 4.00. The summed E-state index contributed by atoms with van der Waals surface area (Å²) in [5, 5.41) is 2.04. The van der Waals surface area contributed by atoms with Crippen LogP contribution in [0.1, 0.15) is 17.7 Å². The number of halogens is 2. The number of hydrogen-bond donors (Lipinski definition) is 0. The van der Waals surface area contributed by atoms with Crippen LogP contribution in [0.4, 0.5) is 14.6 Å². The molecule has 2 aliphatic heterocycles. The van der Waals surface area contributed by atoms with E-state index in [4.69, 9.17) is 0 Å². The van der Waals surface area contributed by atoms with Gasteiger partial charge >= 0.3 is 0 Å². The molecule has 0 aromatic carbocycles. The second-order valence-electron chi connectivity index (χ2n) is 6.76. The number of nitrogens with zero attached hydrogens (tertiary/aromatic N) is 4. The minimum Gasteiger partial charge on any atom is -0.354 e. The molecule has 2 aliphatic rings. The summed E-state index contributed by atoms with van der Waals surface area (Å²) in [6, 6.07) is 4.09. The van der Waals surface area contributed by atoms with Gasteiger partial charge in [0.15, 0.2) is 0 Å². The van der Waals surface area contributed by atoms with Crippen LogP contribution in [0.25, 0.3) is 0 Å². The van der Waals surface area contributed by atoms with Crippen molar-refractivity contribution < 1.29 is 8.78 Å². The van der Waals surface area contributed by atoms with Gasteiger partial charge in [-0.05, 0) is 17.9 Å². The first-order valence-electron chi connectivity index (χ1n) is 8.22. The number of alkyl halides is 2. The van der Waals surface area contributed by atoms with E-state index in [0.29, 0.717) is 38.4 Å². The Morgan fingerprint density at radius 2 is 2.08 bits per heavy atom. The smallest absolute Gasteiger partial charge is 0.257 e. The van der Waals surface area contributed by atoms with E-state index in [9.17, 15) is 8.78 Å². The van der Waals surface area contributed by atoms with Crippen LogP contribution in [0.3, 0.4) is 0 Å². The molecule has 0 radical (unpaired) electrons. The fourth-order valence-corrected chi connectivity index (χ4v) is 4.64. The van der Waals surface area contributed by atoms with Gasteiger partial charge in [0.25, 0.3) is 5.92 Å². The van der Waals surface area contributed by atoms with E-state index in [2.05, 4.69) is 20.9 Å². The van der Waals surface area contributed by atoms with Crippen molar-refractivity contribution in [3.8, 4) is 0 Å². The van der Waals surface area contributed by atoms with Gasteiger partial charge < -0.3 is 4.90 Å². The number of anilines is 1. The predicted molar refractivity (Wildman–Crippen MR) is 90.5 cm³/mol. The maximum absolute atomic E-state index is 14.8. The van der Waals surface area contributed by atoms with Crippen molar-refractivity contribution in [3.05, 3.63) is 41.0 Å². The van der Waals surface area contributed by atoms with E-state index in [0.717, 1.165) is 6.54 Å². The molecule has 7 heteroatoms. The van der Waals surface area contributed by atoms with Gasteiger partial charge in [0.05, 0.1) is 11.6 Å². The average molecular weight is 350 g/mol. The Morgan fingerprint density at radius 1 is 1.17 bits per heavy atom. The second-order valence-corrected chi connectivity index (χ2v) is 7.79. The molecule has 1 atom stereocenters. The van der Waals surface area contributed by atoms with Gasteiger partial charge in [-0.1, -0.05) is 6.07 Å². The quantitative estimate of drug-likeness (QED) is 0.850. The zero-order valence-corrected chi connectivity index (χ0v) is 14.2. The van der Waals surface area contributed by atoms with Gasteiger partial charge in [0.2, 0.25) is 0 Å². The maximum atomic E-state index is 14.8. The lowest BCUT2D eigenvalue weighted by Gasteiger charge is -2.45. The van der Waals surface area contributed by atoms with Gasteiger partial charge in [-0.2, -0.15) is 0 Å². The first-order chi connectivity index (χ1) is 11.6. The van der Waals surface area contributed by atoms with Crippen molar-refractivity contribution in [2.75, 3.05) is 31.1 Å². The summed E-state index contributed by atoms with van der Waals surface area (Å²) in [7, 11) is 0. The highest BCUT2D eigenvalue weighted by Crippen LogP contribution is 2.50. The number of rotatable bonds is 3. The topological polar surface area (TPSA) is 32.3 Å². The van der Waals surface area contributed by atoms with E-state index >= 15 is 0 Å². The largest absolute Gasteiger partial charge is 0.354 e. The van der Waals surface area contributed by atoms with Crippen LogP contribution in [0.5, 0.6) is 0 Å². The van der Waals surface area contributed by atoms with E-state index in [-0.39, 0.29) is 6.42 Å². The molecule has 0 amide bonds. The van der Waals surface area contributed by atoms with Crippen molar-refractivity contribution >= 4 is 17.2 Å². The summed E-state index contributed by atoms with van der Waals surface area (Å²) in [5.74, 6) is -1.93. The van der Waals surface area contributed by atoms with Crippen LogP contribution in [-0.4, -0.2) is 47.0 Å². The minimum atomic E-state index is -2.63. The van der Waals surface area contributed by atoms with Gasteiger partial charge in [-0.15, -0.1) is 11.3 Å². The van der Waals surface area contributed by atoms with Crippen LogP contribution in [0.15, 0.2) is 36.1 Å². The Bertz CT molecular complexity index is 679. The van der Waals surface area contributed by atoms with Crippen LogP contribution >= 0.6 is 11.3 Å². The standard InChI is InChI=1S/C17H20F2N4S/c18-17(19)4-7-22(11-14-2-1-9-24-14)12-16(17)3-8-23(13-16)15-10-20-5-6-21-15/h1-2,5-6,9-10H,3-4,7-8,11-13H2/t16-/m1/s1. The number of thiophene rings is 1. The summed E-state index contributed by atoms with van der Waals surface area (Å²) in [6.45, 7) is 2.62. The van der Waals surface area contributed by atoms with Gasteiger partial charge in [0, 0.05) is 56.4 Å². The van der Waals surface area contributed by atoms with Gasteiger partial charge in [-0.3, -0.25) is 9.88 Å². The maximum Gasteiger partial charge on any atom is 0.257 e. The summed E-state index contributed by atoms with van der Waals surface area (Å²) >= 11 is 1.69.